The first kappa shape index (κ1) is 26.0. The minimum absolute atomic E-state index is 0.147. The summed E-state index contributed by atoms with van der Waals surface area (Å²) in [7, 11) is 1.65. The third kappa shape index (κ3) is 6.37. The molecule has 3 aromatic carbocycles. The highest BCUT2D eigenvalue weighted by molar-refractivity contribution is 6.39. The monoisotopic (exact) mass is 523 g/mol. The van der Waals surface area contributed by atoms with E-state index in [9.17, 15) is 4.79 Å². The smallest absolute Gasteiger partial charge is 0.256 e. The Bertz CT molecular complexity index is 1220. The van der Waals surface area contributed by atoms with Gasteiger partial charge in [-0.3, -0.25) is 9.69 Å². The highest BCUT2D eigenvalue weighted by Crippen LogP contribution is 2.28. The SMILES string of the molecule is COc1cccc(C(CN2CCN(C(=O)c3c(Cl)cccc3Cl)CC2)OCc2ccc(C#N)cc2)c1. The van der Waals surface area contributed by atoms with Gasteiger partial charge in [0.1, 0.15) is 5.75 Å². The second kappa shape index (κ2) is 12.2. The van der Waals surface area contributed by atoms with E-state index in [0.717, 1.165) is 16.9 Å². The number of rotatable bonds is 8. The van der Waals surface area contributed by atoms with E-state index in [2.05, 4.69) is 11.0 Å². The summed E-state index contributed by atoms with van der Waals surface area (Å²) in [6.45, 7) is 3.63. The first-order valence-electron chi connectivity index (χ1n) is 11.7. The van der Waals surface area contributed by atoms with Crippen molar-refractivity contribution in [2.45, 2.75) is 12.7 Å². The van der Waals surface area contributed by atoms with Crippen LogP contribution in [0, 0.1) is 11.3 Å². The molecular weight excluding hydrogens is 497 g/mol. The van der Waals surface area contributed by atoms with Gasteiger partial charge in [0.05, 0.1) is 47.1 Å². The number of halogens is 2. The van der Waals surface area contributed by atoms with Gasteiger partial charge < -0.3 is 14.4 Å². The lowest BCUT2D eigenvalue weighted by Gasteiger charge is -2.36. The first-order chi connectivity index (χ1) is 17.5. The van der Waals surface area contributed by atoms with Crippen molar-refractivity contribution >= 4 is 29.1 Å². The molecule has 0 aliphatic carbocycles. The third-order valence-electron chi connectivity index (χ3n) is 6.26. The summed E-state index contributed by atoms with van der Waals surface area (Å²) in [6.07, 6.45) is -0.198. The Labute approximate surface area is 221 Å². The Morgan fingerprint density at radius 2 is 1.67 bits per heavy atom. The summed E-state index contributed by atoms with van der Waals surface area (Å²) in [4.78, 5) is 17.1. The van der Waals surface area contributed by atoms with E-state index in [1.165, 1.54) is 0 Å². The molecule has 186 valence electrons. The number of nitriles is 1. The van der Waals surface area contributed by atoms with Crippen LogP contribution >= 0.6 is 23.2 Å². The number of benzene rings is 3. The van der Waals surface area contributed by atoms with Crippen LogP contribution < -0.4 is 4.74 Å². The number of carbonyl (C=O) groups is 1. The normalized spacial score (nSPS) is 14.8. The first-order valence-corrected chi connectivity index (χ1v) is 12.4. The minimum Gasteiger partial charge on any atom is -0.497 e. The van der Waals surface area contributed by atoms with Crippen LogP contribution in [0.4, 0.5) is 0 Å². The number of piperazine rings is 1. The van der Waals surface area contributed by atoms with E-state index in [0.29, 0.717) is 60.5 Å². The van der Waals surface area contributed by atoms with Crippen molar-refractivity contribution in [1.29, 1.82) is 5.26 Å². The highest BCUT2D eigenvalue weighted by atomic mass is 35.5. The van der Waals surface area contributed by atoms with Crippen LogP contribution in [0.15, 0.2) is 66.7 Å². The lowest BCUT2D eigenvalue weighted by molar-refractivity contribution is 0.00334. The molecule has 6 nitrogen and oxygen atoms in total. The zero-order valence-electron chi connectivity index (χ0n) is 20.0. The van der Waals surface area contributed by atoms with Gasteiger partial charge in [-0.05, 0) is 47.5 Å². The lowest BCUT2D eigenvalue weighted by atomic mass is 10.1. The molecule has 0 radical (unpaired) electrons. The Balaban J connectivity index is 1.42. The van der Waals surface area contributed by atoms with E-state index in [4.69, 9.17) is 37.9 Å². The highest BCUT2D eigenvalue weighted by Gasteiger charge is 2.27. The molecule has 1 aliphatic heterocycles. The Morgan fingerprint density at radius 1 is 1.00 bits per heavy atom. The molecule has 1 unspecified atom stereocenters. The van der Waals surface area contributed by atoms with Crippen molar-refractivity contribution in [2.75, 3.05) is 39.8 Å². The fourth-order valence-corrected chi connectivity index (χ4v) is 4.76. The van der Waals surface area contributed by atoms with E-state index in [1.54, 1.807) is 42.3 Å². The number of methoxy groups -OCH3 is 1. The molecule has 3 aromatic rings. The van der Waals surface area contributed by atoms with Gasteiger partial charge >= 0.3 is 0 Å². The largest absolute Gasteiger partial charge is 0.497 e. The maximum absolute atomic E-state index is 13.0. The minimum atomic E-state index is -0.198. The lowest BCUT2D eigenvalue weighted by Crippen LogP contribution is -2.49. The van der Waals surface area contributed by atoms with Gasteiger partial charge in [0.2, 0.25) is 0 Å². The second-order valence-electron chi connectivity index (χ2n) is 8.57. The van der Waals surface area contributed by atoms with Crippen LogP contribution in [0.5, 0.6) is 5.75 Å². The summed E-state index contributed by atoms with van der Waals surface area (Å²) in [5, 5.41) is 9.77. The van der Waals surface area contributed by atoms with Gasteiger partial charge in [-0.15, -0.1) is 0 Å². The third-order valence-corrected chi connectivity index (χ3v) is 6.89. The van der Waals surface area contributed by atoms with Crippen molar-refractivity contribution < 1.29 is 14.3 Å². The molecular formula is C28H27Cl2N3O3. The molecule has 36 heavy (non-hydrogen) atoms. The van der Waals surface area contributed by atoms with Gasteiger partial charge in [-0.1, -0.05) is 53.5 Å². The standard InChI is InChI=1S/C28H27Cl2N3O3/c1-35-23-5-2-4-22(16-23)26(36-19-21-10-8-20(17-31)9-11-21)18-32-12-14-33(15-13-32)28(34)27-24(29)6-3-7-25(27)30/h2-11,16,26H,12-15,18-19H2,1H3. The average Bonchev–Trinajstić information content (AvgIpc) is 2.91. The van der Waals surface area contributed by atoms with Gasteiger partial charge in [0.15, 0.2) is 0 Å². The molecule has 0 aromatic heterocycles. The number of nitrogens with zero attached hydrogens (tertiary/aromatic N) is 3. The number of carbonyl (C=O) groups excluding carboxylic acids is 1. The molecule has 1 fully saturated rings. The van der Waals surface area contributed by atoms with Crippen LogP contribution in [-0.2, 0) is 11.3 Å². The van der Waals surface area contributed by atoms with Crippen LogP contribution in [0.25, 0.3) is 0 Å². The van der Waals surface area contributed by atoms with Crippen LogP contribution in [0.1, 0.15) is 33.2 Å². The van der Waals surface area contributed by atoms with Crippen molar-refractivity contribution in [3.8, 4) is 11.8 Å². The molecule has 1 heterocycles. The van der Waals surface area contributed by atoms with Gasteiger partial charge in [-0.2, -0.15) is 5.26 Å². The fourth-order valence-electron chi connectivity index (χ4n) is 4.20. The number of hydrogen-bond donors (Lipinski definition) is 0. The quantitative estimate of drug-likeness (QED) is 0.385. The zero-order valence-corrected chi connectivity index (χ0v) is 21.5. The predicted molar refractivity (Wildman–Crippen MR) is 140 cm³/mol. The van der Waals surface area contributed by atoms with Crippen LogP contribution in [0.3, 0.4) is 0 Å². The summed E-state index contributed by atoms with van der Waals surface area (Å²) in [5.74, 6) is 0.623. The maximum Gasteiger partial charge on any atom is 0.256 e. The Morgan fingerprint density at radius 3 is 2.31 bits per heavy atom. The average molecular weight is 524 g/mol. The Hall–Kier alpha value is -3.08. The van der Waals surface area contributed by atoms with Crippen LogP contribution in [0.2, 0.25) is 10.0 Å². The zero-order chi connectivity index (χ0) is 25.5. The maximum atomic E-state index is 13.0. The number of hydrogen-bond acceptors (Lipinski definition) is 5. The van der Waals surface area contributed by atoms with Crippen LogP contribution in [-0.4, -0.2) is 55.5 Å². The van der Waals surface area contributed by atoms with Gasteiger partial charge in [0.25, 0.3) is 5.91 Å². The predicted octanol–water partition coefficient (Wildman–Crippen LogP) is 5.59. The molecule has 0 N–H and O–H groups in total. The summed E-state index contributed by atoms with van der Waals surface area (Å²) in [5.41, 5.74) is 2.99. The molecule has 1 atom stereocenters. The molecule has 1 aliphatic rings. The van der Waals surface area contributed by atoms with Crippen molar-refractivity contribution in [1.82, 2.24) is 9.80 Å². The van der Waals surface area contributed by atoms with E-state index in [1.807, 2.05) is 36.4 Å². The second-order valence-corrected chi connectivity index (χ2v) is 9.39. The number of amides is 1. The van der Waals surface area contributed by atoms with Crippen molar-refractivity contribution in [3.63, 3.8) is 0 Å². The molecule has 4 rings (SSSR count). The van der Waals surface area contributed by atoms with Gasteiger partial charge in [0, 0.05) is 32.7 Å². The summed E-state index contributed by atoms with van der Waals surface area (Å²) in [6, 6.07) is 22.5. The van der Waals surface area contributed by atoms with Crippen molar-refractivity contribution in [2.24, 2.45) is 0 Å². The molecule has 0 spiro atoms. The molecule has 0 bridgehead atoms. The molecule has 1 saturated heterocycles. The van der Waals surface area contributed by atoms with Gasteiger partial charge in [-0.25, -0.2) is 0 Å². The van der Waals surface area contributed by atoms with E-state index >= 15 is 0 Å². The van der Waals surface area contributed by atoms with E-state index < -0.39 is 0 Å². The fraction of sp³-hybridized carbons (Fsp3) is 0.286. The molecule has 1 amide bonds. The Kier molecular flexibility index (Phi) is 8.84. The van der Waals surface area contributed by atoms with E-state index in [-0.39, 0.29) is 12.0 Å². The molecule has 8 heteroatoms. The topological polar surface area (TPSA) is 65.8 Å². The summed E-state index contributed by atoms with van der Waals surface area (Å²) >= 11 is 12.5. The van der Waals surface area contributed by atoms with Crippen molar-refractivity contribution in [3.05, 3.63) is 99.0 Å². The molecule has 0 saturated carbocycles. The summed E-state index contributed by atoms with van der Waals surface area (Å²) < 4.78 is 11.8. The number of ether oxygens (including phenoxy) is 2.